The first-order valence-electron chi connectivity index (χ1n) is 5.74. The Labute approximate surface area is 91.4 Å². The fourth-order valence-electron chi connectivity index (χ4n) is 2.49. The molecule has 1 aromatic carbocycles. The lowest BCUT2D eigenvalue weighted by Crippen LogP contribution is -2.11. The predicted octanol–water partition coefficient (Wildman–Crippen LogP) is 2.08. The van der Waals surface area contributed by atoms with Crippen LogP contribution in [0.3, 0.4) is 0 Å². The molecule has 0 aromatic heterocycles. The molecule has 0 fully saturated rings. The van der Waals surface area contributed by atoms with Gasteiger partial charge in [0.05, 0.1) is 7.11 Å². The highest BCUT2D eigenvalue weighted by atomic mass is 16.5. The first kappa shape index (κ1) is 10.5. The van der Waals surface area contributed by atoms with Crippen molar-refractivity contribution in [1.82, 2.24) is 0 Å². The smallest absolute Gasteiger partial charge is 0.122 e. The zero-order chi connectivity index (χ0) is 10.7. The second-order valence-electron chi connectivity index (χ2n) is 4.13. The summed E-state index contributed by atoms with van der Waals surface area (Å²) in [6.07, 6.45) is 5.98. The molecule has 2 nitrogen and oxygen atoms in total. The number of methoxy groups -OCH3 is 1. The SMILES string of the molecule is COc1ccc2c(c1CCN)CCCC2. The topological polar surface area (TPSA) is 35.2 Å². The van der Waals surface area contributed by atoms with Crippen molar-refractivity contribution in [2.75, 3.05) is 13.7 Å². The van der Waals surface area contributed by atoms with Gasteiger partial charge in [-0.2, -0.15) is 0 Å². The highest BCUT2D eigenvalue weighted by Gasteiger charge is 2.16. The van der Waals surface area contributed by atoms with Crippen molar-refractivity contribution in [3.05, 3.63) is 28.8 Å². The number of aryl methyl sites for hydroxylation is 1. The van der Waals surface area contributed by atoms with Gasteiger partial charge in [-0.1, -0.05) is 6.07 Å². The molecule has 0 atom stereocenters. The maximum atomic E-state index is 5.66. The molecular formula is C13H19NO. The van der Waals surface area contributed by atoms with E-state index in [4.69, 9.17) is 10.5 Å². The van der Waals surface area contributed by atoms with E-state index in [-0.39, 0.29) is 0 Å². The predicted molar refractivity (Wildman–Crippen MR) is 62.4 cm³/mol. The van der Waals surface area contributed by atoms with Gasteiger partial charge in [-0.25, -0.2) is 0 Å². The molecule has 1 aromatic rings. The van der Waals surface area contributed by atoms with Crippen molar-refractivity contribution < 1.29 is 4.74 Å². The van der Waals surface area contributed by atoms with Gasteiger partial charge in [-0.3, -0.25) is 0 Å². The number of hydrogen-bond acceptors (Lipinski definition) is 2. The summed E-state index contributed by atoms with van der Waals surface area (Å²) >= 11 is 0. The van der Waals surface area contributed by atoms with Gasteiger partial charge in [0, 0.05) is 0 Å². The number of fused-ring (bicyclic) bond motifs is 1. The Balaban J connectivity index is 2.44. The van der Waals surface area contributed by atoms with Crippen LogP contribution < -0.4 is 10.5 Å². The molecule has 0 aliphatic heterocycles. The first-order chi connectivity index (χ1) is 7.36. The van der Waals surface area contributed by atoms with Gasteiger partial charge in [0.1, 0.15) is 5.75 Å². The monoisotopic (exact) mass is 205 g/mol. The zero-order valence-electron chi connectivity index (χ0n) is 9.38. The molecule has 0 bridgehead atoms. The molecule has 1 aliphatic carbocycles. The summed E-state index contributed by atoms with van der Waals surface area (Å²) < 4.78 is 5.41. The Morgan fingerprint density at radius 1 is 1.27 bits per heavy atom. The van der Waals surface area contributed by atoms with Gasteiger partial charge < -0.3 is 10.5 Å². The van der Waals surface area contributed by atoms with Crippen LogP contribution >= 0.6 is 0 Å². The molecule has 0 spiro atoms. The third-order valence-corrected chi connectivity index (χ3v) is 3.22. The Hall–Kier alpha value is -1.02. The van der Waals surface area contributed by atoms with Crippen molar-refractivity contribution >= 4 is 0 Å². The van der Waals surface area contributed by atoms with Crippen molar-refractivity contribution in [2.24, 2.45) is 5.73 Å². The third-order valence-electron chi connectivity index (χ3n) is 3.22. The van der Waals surface area contributed by atoms with E-state index in [0.29, 0.717) is 6.54 Å². The number of benzene rings is 1. The van der Waals surface area contributed by atoms with Gasteiger partial charge in [0.2, 0.25) is 0 Å². The van der Waals surface area contributed by atoms with Crippen molar-refractivity contribution in [1.29, 1.82) is 0 Å². The van der Waals surface area contributed by atoms with Gasteiger partial charge >= 0.3 is 0 Å². The van der Waals surface area contributed by atoms with Crippen LogP contribution in [0.4, 0.5) is 0 Å². The van der Waals surface area contributed by atoms with Gasteiger partial charge in [0.25, 0.3) is 0 Å². The average molecular weight is 205 g/mol. The summed E-state index contributed by atoms with van der Waals surface area (Å²) in [6, 6.07) is 4.31. The molecule has 0 saturated carbocycles. The molecule has 2 rings (SSSR count). The minimum Gasteiger partial charge on any atom is -0.496 e. The molecule has 82 valence electrons. The van der Waals surface area contributed by atoms with E-state index in [0.717, 1.165) is 12.2 Å². The van der Waals surface area contributed by atoms with Crippen LogP contribution in [0.1, 0.15) is 29.5 Å². The summed E-state index contributed by atoms with van der Waals surface area (Å²) in [4.78, 5) is 0. The molecule has 0 radical (unpaired) electrons. The molecule has 0 saturated heterocycles. The summed E-state index contributed by atoms with van der Waals surface area (Å²) in [5.41, 5.74) is 10.0. The lowest BCUT2D eigenvalue weighted by Gasteiger charge is -2.21. The van der Waals surface area contributed by atoms with Crippen LogP contribution in [0.15, 0.2) is 12.1 Å². The molecule has 2 heteroatoms. The van der Waals surface area contributed by atoms with Crippen LogP contribution in [0, 0.1) is 0 Å². The minimum atomic E-state index is 0.701. The molecular weight excluding hydrogens is 186 g/mol. The third kappa shape index (κ3) is 2.00. The highest BCUT2D eigenvalue weighted by Crippen LogP contribution is 2.31. The summed E-state index contributed by atoms with van der Waals surface area (Å²) in [7, 11) is 1.74. The quantitative estimate of drug-likeness (QED) is 0.820. The van der Waals surface area contributed by atoms with Gasteiger partial charge in [-0.15, -0.1) is 0 Å². The van der Waals surface area contributed by atoms with E-state index in [1.807, 2.05) is 0 Å². The summed E-state index contributed by atoms with van der Waals surface area (Å²) in [5.74, 6) is 1.01. The average Bonchev–Trinajstić information content (AvgIpc) is 2.30. The second-order valence-corrected chi connectivity index (χ2v) is 4.13. The molecule has 15 heavy (non-hydrogen) atoms. The summed E-state index contributed by atoms with van der Waals surface area (Å²) in [5, 5.41) is 0. The minimum absolute atomic E-state index is 0.701. The lowest BCUT2D eigenvalue weighted by atomic mass is 9.87. The maximum Gasteiger partial charge on any atom is 0.122 e. The lowest BCUT2D eigenvalue weighted by molar-refractivity contribution is 0.408. The number of nitrogens with two attached hydrogens (primary N) is 1. The van der Waals surface area contributed by atoms with Crippen LogP contribution in [0.5, 0.6) is 5.75 Å². The van der Waals surface area contributed by atoms with E-state index >= 15 is 0 Å². The molecule has 2 N–H and O–H groups in total. The molecule has 0 heterocycles. The normalized spacial score (nSPS) is 14.8. The second kappa shape index (κ2) is 4.67. The van der Waals surface area contributed by atoms with E-state index in [9.17, 15) is 0 Å². The van der Waals surface area contributed by atoms with Crippen molar-refractivity contribution in [3.8, 4) is 5.75 Å². The summed E-state index contributed by atoms with van der Waals surface area (Å²) in [6.45, 7) is 0.701. The Morgan fingerprint density at radius 2 is 2.07 bits per heavy atom. The zero-order valence-corrected chi connectivity index (χ0v) is 9.38. The van der Waals surface area contributed by atoms with E-state index < -0.39 is 0 Å². The largest absolute Gasteiger partial charge is 0.496 e. The van der Waals surface area contributed by atoms with Crippen molar-refractivity contribution in [2.45, 2.75) is 32.1 Å². The standard InChI is InChI=1S/C13H19NO/c1-15-13-7-6-10-4-2-3-5-11(10)12(13)8-9-14/h6-7H,2-5,8-9,14H2,1H3. The van der Waals surface area contributed by atoms with Crippen molar-refractivity contribution in [3.63, 3.8) is 0 Å². The van der Waals surface area contributed by atoms with Crippen LogP contribution in [-0.2, 0) is 19.3 Å². The fraction of sp³-hybridized carbons (Fsp3) is 0.538. The molecule has 0 amide bonds. The van der Waals surface area contributed by atoms with Gasteiger partial charge in [-0.05, 0) is 61.4 Å². The number of rotatable bonds is 3. The molecule has 1 aliphatic rings. The maximum absolute atomic E-state index is 5.66. The number of hydrogen-bond donors (Lipinski definition) is 1. The van der Waals surface area contributed by atoms with E-state index in [1.165, 1.54) is 42.4 Å². The Kier molecular flexibility index (Phi) is 3.27. The first-order valence-corrected chi connectivity index (χ1v) is 5.74. The van der Waals surface area contributed by atoms with E-state index in [2.05, 4.69) is 12.1 Å². The fourth-order valence-corrected chi connectivity index (χ4v) is 2.49. The Bertz CT molecular complexity index is 347. The van der Waals surface area contributed by atoms with E-state index in [1.54, 1.807) is 7.11 Å². The van der Waals surface area contributed by atoms with Crippen LogP contribution in [0.25, 0.3) is 0 Å². The van der Waals surface area contributed by atoms with Crippen LogP contribution in [0.2, 0.25) is 0 Å². The molecule has 0 unspecified atom stereocenters. The highest BCUT2D eigenvalue weighted by molar-refractivity contribution is 5.46. The number of ether oxygens (including phenoxy) is 1. The van der Waals surface area contributed by atoms with Crippen LogP contribution in [-0.4, -0.2) is 13.7 Å². The van der Waals surface area contributed by atoms with Gasteiger partial charge in [0.15, 0.2) is 0 Å². The Morgan fingerprint density at radius 3 is 2.80 bits per heavy atom.